The molecular weight excluding hydrogens is 400 g/mol. The van der Waals surface area contributed by atoms with E-state index in [4.69, 9.17) is 10.7 Å². The molecule has 0 spiro atoms. The predicted octanol–water partition coefficient (Wildman–Crippen LogP) is 2.46. The first-order chi connectivity index (χ1) is 15.6. The van der Waals surface area contributed by atoms with Crippen LogP contribution in [0.2, 0.25) is 0 Å². The second-order valence-electron chi connectivity index (χ2n) is 8.43. The Morgan fingerprint density at radius 1 is 0.906 bits per heavy atom. The molecule has 0 unspecified atom stereocenters. The SMILES string of the molecule is CN1CCN(CCc2cccc(-c3nc(N)nc4c3nc(-c3ccncc3)n4C)c2)CC1. The highest BCUT2D eigenvalue weighted by molar-refractivity contribution is 5.90. The Labute approximate surface area is 187 Å². The number of aryl methyl sites for hydroxylation is 1. The lowest BCUT2D eigenvalue weighted by atomic mass is 10.0. The van der Waals surface area contributed by atoms with E-state index in [0.717, 1.165) is 73.0 Å². The molecule has 0 bridgehead atoms. The van der Waals surface area contributed by atoms with Gasteiger partial charge >= 0.3 is 0 Å². The molecule has 8 heteroatoms. The van der Waals surface area contributed by atoms with Crippen molar-refractivity contribution in [2.45, 2.75) is 6.42 Å². The zero-order valence-electron chi connectivity index (χ0n) is 18.6. The van der Waals surface area contributed by atoms with Crippen LogP contribution in [0.25, 0.3) is 33.8 Å². The van der Waals surface area contributed by atoms with Crippen LogP contribution in [-0.4, -0.2) is 74.1 Å². The maximum absolute atomic E-state index is 6.10. The normalized spacial score (nSPS) is 15.4. The van der Waals surface area contributed by atoms with Crippen molar-refractivity contribution in [1.82, 2.24) is 34.3 Å². The Morgan fingerprint density at radius 3 is 2.47 bits per heavy atom. The number of anilines is 1. The van der Waals surface area contributed by atoms with Gasteiger partial charge in [0.2, 0.25) is 5.95 Å². The van der Waals surface area contributed by atoms with Gasteiger partial charge in [0.25, 0.3) is 0 Å². The summed E-state index contributed by atoms with van der Waals surface area (Å²) >= 11 is 0. The molecule has 8 nitrogen and oxygen atoms in total. The van der Waals surface area contributed by atoms with Crippen molar-refractivity contribution in [1.29, 1.82) is 0 Å². The summed E-state index contributed by atoms with van der Waals surface area (Å²) in [6.45, 7) is 5.60. The largest absolute Gasteiger partial charge is 0.368 e. The summed E-state index contributed by atoms with van der Waals surface area (Å²) in [4.78, 5) is 23.0. The zero-order chi connectivity index (χ0) is 22.1. The van der Waals surface area contributed by atoms with Gasteiger partial charge in [-0.2, -0.15) is 4.98 Å². The summed E-state index contributed by atoms with van der Waals surface area (Å²) < 4.78 is 1.96. The van der Waals surface area contributed by atoms with E-state index in [0.29, 0.717) is 0 Å². The molecule has 3 aromatic heterocycles. The highest BCUT2D eigenvalue weighted by Crippen LogP contribution is 2.30. The van der Waals surface area contributed by atoms with Crippen LogP contribution in [0, 0.1) is 0 Å². The Balaban J connectivity index is 1.47. The number of nitrogens with two attached hydrogens (primary N) is 1. The first-order valence-corrected chi connectivity index (χ1v) is 11.0. The number of aromatic nitrogens is 5. The molecule has 0 amide bonds. The molecule has 4 heterocycles. The van der Waals surface area contributed by atoms with Gasteiger partial charge in [0.1, 0.15) is 17.0 Å². The monoisotopic (exact) mass is 428 g/mol. The number of rotatable bonds is 5. The van der Waals surface area contributed by atoms with E-state index >= 15 is 0 Å². The van der Waals surface area contributed by atoms with Gasteiger partial charge in [-0.1, -0.05) is 18.2 Å². The maximum atomic E-state index is 6.10. The fraction of sp³-hybridized carbons (Fsp3) is 0.333. The van der Waals surface area contributed by atoms with E-state index in [1.54, 1.807) is 12.4 Å². The lowest BCUT2D eigenvalue weighted by Crippen LogP contribution is -2.45. The van der Waals surface area contributed by atoms with Crippen molar-refractivity contribution in [2.75, 3.05) is 45.5 Å². The molecule has 0 aliphatic carbocycles. The number of hydrogen-bond donors (Lipinski definition) is 1. The Bertz CT molecular complexity index is 1230. The van der Waals surface area contributed by atoms with Crippen LogP contribution in [0.3, 0.4) is 0 Å². The molecule has 1 aromatic carbocycles. The zero-order valence-corrected chi connectivity index (χ0v) is 18.6. The molecule has 1 saturated heterocycles. The Kier molecular flexibility index (Phi) is 5.55. The maximum Gasteiger partial charge on any atom is 0.222 e. The molecule has 1 fully saturated rings. The fourth-order valence-electron chi connectivity index (χ4n) is 4.27. The van der Waals surface area contributed by atoms with Gasteiger partial charge in [0.15, 0.2) is 5.65 Å². The van der Waals surface area contributed by atoms with Gasteiger partial charge in [-0.05, 0) is 37.2 Å². The number of fused-ring (bicyclic) bond motifs is 1. The summed E-state index contributed by atoms with van der Waals surface area (Å²) in [6.07, 6.45) is 4.53. The van der Waals surface area contributed by atoms with E-state index in [2.05, 4.69) is 56.1 Å². The topological polar surface area (TPSA) is 89.0 Å². The molecule has 5 rings (SSSR count). The van der Waals surface area contributed by atoms with Gasteiger partial charge < -0.3 is 20.1 Å². The molecule has 4 aromatic rings. The minimum Gasteiger partial charge on any atom is -0.368 e. The van der Waals surface area contributed by atoms with Gasteiger partial charge in [-0.25, -0.2) is 9.97 Å². The Morgan fingerprint density at radius 2 is 1.69 bits per heavy atom. The van der Waals surface area contributed by atoms with E-state index < -0.39 is 0 Å². The van der Waals surface area contributed by atoms with Gasteiger partial charge in [-0.3, -0.25) is 4.98 Å². The van der Waals surface area contributed by atoms with Crippen LogP contribution in [0.4, 0.5) is 5.95 Å². The third-order valence-electron chi connectivity index (χ3n) is 6.19. The summed E-state index contributed by atoms with van der Waals surface area (Å²) in [5, 5.41) is 0. The molecule has 0 atom stereocenters. The third-order valence-corrected chi connectivity index (χ3v) is 6.19. The van der Waals surface area contributed by atoms with Gasteiger partial charge in [0.05, 0.1) is 0 Å². The average Bonchev–Trinajstić information content (AvgIpc) is 3.15. The number of imidazole rings is 1. The molecule has 32 heavy (non-hydrogen) atoms. The van der Waals surface area contributed by atoms with Crippen LogP contribution in [0.15, 0.2) is 48.8 Å². The van der Waals surface area contributed by atoms with E-state index in [1.165, 1.54) is 5.56 Å². The van der Waals surface area contributed by atoms with Crippen LogP contribution in [-0.2, 0) is 13.5 Å². The third kappa shape index (κ3) is 4.06. The van der Waals surface area contributed by atoms with E-state index in [-0.39, 0.29) is 5.95 Å². The van der Waals surface area contributed by atoms with Crippen LogP contribution in [0.1, 0.15) is 5.56 Å². The highest BCUT2D eigenvalue weighted by Gasteiger charge is 2.18. The molecule has 164 valence electrons. The number of nitrogens with zero attached hydrogens (tertiary/aromatic N) is 7. The highest BCUT2D eigenvalue weighted by atomic mass is 15.2. The van der Waals surface area contributed by atoms with Crippen molar-refractivity contribution in [2.24, 2.45) is 7.05 Å². The van der Waals surface area contributed by atoms with Crippen LogP contribution in [0.5, 0.6) is 0 Å². The van der Waals surface area contributed by atoms with Crippen molar-refractivity contribution >= 4 is 17.1 Å². The molecule has 1 aliphatic heterocycles. The van der Waals surface area contributed by atoms with E-state index in [9.17, 15) is 0 Å². The van der Waals surface area contributed by atoms with Gasteiger partial charge in [-0.15, -0.1) is 0 Å². The molecule has 0 saturated carbocycles. The first-order valence-electron chi connectivity index (χ1n) is 11.0. The molecular formula is C24H28N8. The minimum absolute atomic E-state index is 0.250. The van der Waals surface area contributed by atoms with E-state index in [1.807, 2.05) is 23.7 Å². The lowest BCUT2D eigenvalue weighted by molar-refractivity contribution is 0.155. The number of benzene rings is 1. The standard InChI is InChI=1S/C24H28N8/c1-30-12-14-32(15-13-30)11-8-17-4-3-5-19(16-17)20-21-23(29-24(25)28-20)31(2)22(27-21)18-6-9-26-10-7-18/h3-7,9-10,16H,8,11-15H2,1-2H3,(H2,25,28,29). The van der Waals surface area contributed by atoms with Crippen molar-refractivity contribution < 1.29 is 0 Å². The average molecular weight is 429 g/mol. The van der Waals surface area contributed by atoms with Crippen molar-refractivity contribution in [3.63, 3.8) is 0 Å². The van der Waals surface area contributed by atoms with Crippen LogP contribution >= 0.6 is 0 Å². The predicted molar refractivity (Wildman–Crippen MR) is 127 cm³/mol. The summed E-state index contributed by atoms with van der Waals surface area (Å²) in [5.41, 5.74) is 11.6. The quantitative estimate of drug-likeness (QED) is 0.522. The smallest absolute Gasteiger partial charge is 0.222 e. The number of hydrogen-bond acceptors (Lipinski definition) is 7. The molecule has 0 radical (unpaired) electrons. The number of piperazine rings is 1. The van der Waals surface area contributed by atoms with Crippen LogP contribution < -0.4 is 5.73 Å². The first kappa shape index (κ1) is 20.5. The summed E-state index contributed by atoms with van der Waals surface area (Å²) in [7, 11) is 4.14. The fourth-order valence-corrected chi connectivity index (χ4v) is 4.27. The lowest BCUT2D eigenvalue weighted by Gasteiger charge is -2.32. The van der Waals surface area contributed by atoms with Crippen molar-refractivity contribution in [3.8, 4) is 22.6 Å². The number of likely N-dealkylation sites (N-methyl/N-ethyl adjacent to an activating group) is 1. The molecule has 2 N–H and O–H groups in total. The Hall–Kier alpha value is -3.36. The minimum atomic E-state index is 0.250. The number of nitrogen functional groups attached to an aromatic ring is 1. The second-order valence-corrected chi connectivity index (χ2v) is 8.43. The summed E-state index contributed by atoms with van der Waals surface area (Å²) in [6, 6.07) is 12.4. The van der Waals surface area contributed by atoms with Gasteiger partial charge in [0, 0.05) is 63.3 Å². The number of pyridine rings is 1. The second kappa shape index (κ2) is 8.64. The summed E-state index contributed by atoms with van der Waals surface area (Å²) in [5.74, 6) is 1.06. The van der Waals surface area contributed by atoms with Crippen molar-refractivity contribution in [3.05, 3.63) is 54.4 Å². The molecule has 1 aliphatic rings.